The topological polar surface area (TPSA) is 130 Å². The highest BCUT2D eigenvalue weighted by Crippen LogP contribution is 2.44. The Morgan fingerprint density at radius 3 is 1.53 bits per heavy atom. The molecule has 0 bridgehead atoms. The molecule has 1 aliphatic heterocycles. The molecule has 0 saturated heterocycles. The molecule has 8 nitrogen and oxygen atoms in total. The number of fused-ring (bicyclic) bond motifs is 1. The van der Waals surface area contributed by atoms with Crippen LogP contribution in [0.2, 0.25) is 0 Å². The number of nitrogens with zero attached hydrogens (tertiary/aromatic N) is 2. The first-order valence-electron chi connectivity index (χ1n) is 8.52. The van der Waals surface area contributed by atoms with Crippen molar-refractivity contribution in [3.63, 3.8) is 0 Å². The van der Waals surface area contributed by atoms with Gasteiger partial charge in [-0.2, -0.15) is 49.3 Å². The SMILES string of the molecule is [O-][N+]([O-])=c1cc2[nH]c(-c3ccc(C(F)(F)F)cc3C(F)(F)F)c(C(F)(F)F)[nH]c-2cc1=[N+]([O-])[O-]. The number of hydrogen-bond acceptors (Lipinski definition) is 4. The fourth-order valence-corrected chi connectivity index (χ4v) is 3.06. The van der Waals surface area contributed by atoms with E-state index < -0.39 is 78.5 Å². The lowest BCUT2D eigenvalue weighted by Crippen LogP contribution is -2.41. The molecule has 2 N–H and O–H groups in total. The van der Waals surface area contributed by atoms with Gasteiger partial charge in [-0.15, -0.1) is 0 Å². The summed E-state index contributed by atoms with van der Waals surface area (Å²) in [5, 5.41) is 41.9. The van der Waals surface area contributed by atoms with E-state index in [1.54, 1.807) is 4.98 Å². The molecule has 1 aromatic carbocycles. The van der Waals surface area contributed by atoms with E-state index in [4.69, 9.17) is 0 Å². The highest BCUT2D eigenvalue weighted by molar-refractivity contribution is 5.72. The van der Waals surface area contributed by atoms with Gasteiger partial charge in [0.1, 0.15) is 5.69 Å². The summed E-state index contributed by atoms with van der Waals surface area (Å²) >= 11 is 0. The summed E-state index contributed by atoms with van der Waals surface area (Å²) in [7, 11) is 0. The number of halogens is 9. The molecule has 1 heterocycles. The molecule has 0 aromatic heterocycles. The molecule has 2 aliphatic rings. The first-order valence-corrected chi connectivity index (χ1v) is 8.52. The molecule has 0 atom stereocenters. The zero-order valence-corrected chi connectivity index (χ0v) is 15.8. The molecule has 0 radical (unpaired) electrons. The van der Waals surface area contributed by atoms with Crippen LogP contribution in [-0.4, -0.2) is 9.97 Å². The molecule has 34 heavy (non-hydrogen) atoms. The van der Waals surface area contributed by atoms with E-state index in [2.05, 4.69) is 0 Å². The van der Waals surface area contributed by atoms with Crippen LogP contribution in [0.3, 0.4) is 0 Å². The van der Waals surface area contributed by atoms with Gasteiger partial charge in [0.15, 0.2) is 0 Å². The first kappa shape index (κ1) is 24.6. The number of hydrogen-bond donors (Lipinski definition) is 2. The first-order chi connectivity index (χ1) is 15.4. The molecule has 184 valence electrons. The summed E-state index contributed by atoms with van der Waals surface area (Å²) in [6.07, 6.45) is -16.2. The highest BCUT2D eigenvalue weighted by Gasteiger charge is 2.42. The van der Waals surface area contributed by atoms with E-state index in [0.29, 0.717) is 12.1 Å². The van der Waals surface area contributed by atoms with Crippen LogP contribution in [0.15, 0.2) is 30.3 Å². The van der Waals surface area contributed by atoms with Gasteiger partial charge < -0.3 is 30.8 Å². The van der Waals surface area contributed by atoms with Crippen molar-refractivity contribution in [2.45, 2.75) is 18.5 Å². The van der Waals surface area contributed by atoms with Crippen LogP contribution < -0.4 is 20.5 Å². The average molecular weight is 502 g/mol. The predicted molar refractivity (Wildman–Crippen MR) is 96.2 cm³/mol. The number of H-pyrrole nitrogens is 2. The molecule has 1 aromatic rings. The second-order valence-corrected chi connectivity index (χ2v) is 6.65. The molecule has 3 rings (SSSR count). The number of nitrogens with one attached hydrogen (secondary N) is 2. The van der Waals surface area contributed by atoms with Crippen molar-refractivity contribution in [2.24, 2.45) is 0 Å². The zero-order chi connectivity index (χ0) is 25.8. The second kappa shape index (κ2) is 7.77. The standard InChI is InChI=1S/C17H7F9N4O4/c18-15(19,20)6-1-2-7(8(3-6)16(21,22)23)13-14(17(24,25)26)28-10-5-12(30(33)34)11(29(31)32)4-9(10)27-13/h1-5,27-28H/q-2. The molecule has 0 saturated carbocycles. The lowest BCUT2D eigenvalue weighted by Gasteiger charge is -2.21. The van der Waals surface area contributed by atoms with E-state index in [-0.39, 0.29) is 18.2 Å². The van der Waals surface area contributed by atoms with Gasteiger partial charge in [-0.05, 0) is 12.1 Å². The third-order valence-electron chi connectivity index (χ3n) is 4.48. The molecule has 1 aliphatic carbocycles. The van der Waals surface area contributed by atoms with Gasteiger partial charge in [0, 0.05) is 17.7 Å². The van der Waals surface area contributed by atoms with E-state index in [9.17, 15) is 60.3 Å². The molecule has 17 heteroatoms. The predicted octanol–water partition coefficient (Wildman–Crippen LogP) is 3.71. The maximum absolute atomic E-state index is 13.7. The molecular weight excluding hydrogens is 495 g/mol. The van der Waals surface area contributed by atoms with Crippen molar-refractivity contribution in [1.82, 2.24) is 19.8 Å². The number of rotatable bonds is 1. The van der Waals surface area contributed by atoms with Gasteiger partial charge in [-0.25, -0.2) is 0 Å². The van der Waals surface area contributed by atoms with Crippen LogP contribution in [0.4, 0.5) is 39.5 Å². The Labute approximate surface area is 180 Å². The minimum atomic E-state index is -5.54. The Morgan fingerprint density at radius 1 is 0.618 bits per heavy atom. The van der Waals surface area contributed by atoms with E-state index in [0.717, 1.165) is 0 Å². The summed E-state index contributed by atoms with van der Waals surface area (Å²) in [4.78, 5) is 1.03. The number of aromatic nitrogens is 2. The Balaban J connectivity index is 2.51. The van der Waals surface area contributed by atoms with Crippen molar-refractivity contribution in [2.75, 3.05) is 0 Å². The Bertz CT molecular complexity index is 1360. The molecule has 0 spiro atoms. The summed E-state index contributed by atoms with van der Waals surface area (Å²) in [5.41, 5.74) is -9.94. The van der Waals surface area contributed by atoms with Gasteiger partial charge in [0.2, 0.25) is 0 Å². The maximum Gasteiger partial charge on any atom is 0.433 e. The zero-order valence-electron chi connectivity index (χ0n) is 15.8. The Morgan fingerprint density at radius 2 is 1.12 bits per heavy atom. The summed E-state index contributed by atoms with van der Waals surface area (Å²) in [6, 6.07) is 0.671. The third-order valence-corrected chi connectivity index (χ3v) is 4.48. The third kappa shape index (κ3) is 4.53. The van der Waals surface area contributed by atoms with Crippen LogP contribution in [0, 0.1) is 20.8 Å². The van der Waals surface area contributed by atoms with Gasteiger partial charge in [0.05, 0.1) is 28.2 Å². The quantitative estimate of drug-likeness (QED) is 0.388. The summed E-state index contributed by atoms with van der Waals surface area (Å²) in [5.74, 6) is 0. The van der Waals surface area contributed by atoms with Gasteiger partial charge in [-0.3, -0.25) is 0 Å². The average Bonchev–Trinajstić information content (AvgIpc) is 2.69. The Kier molecular flexibility index (Phi) is 5.62. The minimum Gasteiger partial charge on any atom is -0.612 e. The van der Waals surface area contributed by atoms with Crippen molar-refractivity contribution >= 4 is 0 Å². The van der Waals surface area contributed by atoms with Gasteiger partial charge in [-0.1, -0.05) is 6.07 Å². The lowest BCUT2D eigenvalue weighted by molar-refractivity contribution is -0.144. The normalized spacial score (nSPS) is 12.7. The van der Waals surface area contributed by atoms with E-state index >= 15 is 0 Å². The van der Waals surface area contributed by atoms with Crippen molar-refractivity contribution in [3.05, 3.63) is 78.7 Å². The minimum absolute atomic E-state index is 0.126. The van der Waals surface area contributed by atoms with Crippen LogP contribution in [-0.2, 0) is 18.5 Å². The number of alkyl halides is 9. The number of aromatic amines is 2. The molecular formula is C17H7F9N4O4-2. The van der Waals surface area contributed by atoms with Crippen molar-refractivity contribution in [3.8, 4) is 22.6 Å². The Hall–Kier alpha value is -4.05. The largest absolute Gasteiger partial charge is 0.612 e. The van der Waals surface area contributed by atoms with E-state index in [1.165, 1.54) is 0 Å². The van der Waals surface area contributed by atoms with Crippen LogP contribution in [0.5, 0.6) is 0 Å². The van der Waals surface area contributed by atoms with E-state index in [1.807, 2.05) is 4.98 Å². The maximum atomic E-state index is 13.7. The monoisotopic (exact) mass is 502 g/mol. The fraction of sp³-hybridized carbons (Fsp3) is 0.176. The highest BCUT2D eigenvalue weighted by atomic mass is 19.4. The molecule has 0 unspecified atom stereocenters. The van der Waals surface area contributed by atoms with Crippen molar-refractivity contribution in [1.29, 1.82) is 0 Å². The molecule has 0 fully saturated rings. The lowest BCUT2D eigenvalue weighted by atomic mass is 9.98. The summed E-state index contributed by atoms with van der Waals surface area (Å²) < 4.78 is 120. The fourth-order valence-electron chi connectivity index (χ4n) is 3.06. The molecule has 0 amide bonds. The van der Waals surface area contributed by atoms with Gasteiger partial charge in [0.25, 0.3) is 10.7 Å². The number of benzene rings is 2. The smallest absolute Gasteiger partial charge is 0.433 e. The summed E-state index contributed by atoms with van der Waals surface area (Å²) in [6.45, 7) is 0. The van der Waals surface area contributed by atoms with Crippen LogP contribution in [0.25, 0.3) is 22.6 Å². The van der Waals surface area contributed by atoms with Crippen LogP contribution >= 0.6 is 0 Å². The van der Waals surface area contributed by atoms with Crippen LogP contribution in [0.1, 0.15) is 16.8 Å². The second-order valence-electron chi connectivity index (χ2n) is 6.65. The van der Waals surface area contributed by atoms with Crippen molar-refractivity contribution < 1.29 is 39.5 Å². The van der Waals surface area contributed by atoms with Gasteiger partial charge >= 0.3 is 18.5 Å².